The molecule has 3 nitrogen and oxygen atoms in total. The van der Waals surface area contributed by atoms with Crippen LogP contribution in [-0.2, 0) is 0 Å². The molecule has 19 heavy (non-hydrogen) atoms. The van der Waals surface area contributed by atoms with Crippen LogP contribution in [0.2, 0.25) is 0 Å². The molecule has 0 unspecified atom stereocenters. The van der Waals surface area contributed by atoms with Crippen LogP contribution in [0.5, 0.6) is 0 Å². The second-order valence-electron chi connectivity index (χ2n) is 4.15. The van der Waals surface area contributed by atoms with Gasteiger partial charge >= 0.3 is 0 Å². The standard InChI is InChI=1S/C16H15NO2/c1-3-6-11-14(9-10-17-2)16(19)13-8-5-4-7-12(13)15(11)18/h3-10,17H,1-2H3/b6-3+,10-9-. The van der Waals surface area contributed by atoms with Gasteiger partial charge in [0.1, 0.15) is 0 Å². The largest absolute Gasteiger partial charge is 0.394 e. The number of ketones is 2. The molecule has 0 saturated heterocycles. The van der Waals surface area contributed by atoms with Crippen molar-refractivity contribution < 1.29 is 9.59 Å². The molecule has 1 N–H and O–H groups in total. The molecule has 0 atom stereocenters. The van der Waals surface area contributed by atoms with E-state index < -0.39 is 0 Å². The Bertz CT molecular complexity index is 621. The van der Waals surface area contributed by atoms with Crippen molar-refractivity contribution in [1.29, 1.82) is 0 Å². The van der Waals surface area contributed by atoms with E-state index >= 15 is 0 Å². The number of fused-ring (bicyclic) bond motifs is 1. The van der Waals surface area contributed by atoms with Crippen molar-refractivity contribution in [2.75, 3.05) is 7.05 Å². The number of nitrogens with one attached hydrogen (secondary N) is 1. The van der Waals surface area contributed by atoms with E-state index in [4.69, 9.17) is 0 Å². The summed E-state index contributed by atoms with van der Waals surface area (Å²) in [5.41, 5.74) is 1.81. The van der Waals surface area contributed by atoms with Gasteiger partial charge in [-0.3, -0.25) is 9.59 Å². The molecule has 1 aliphatic rings. The maximum absolute atomic E-state index is 12.4. The van der Waals surface area contributed by atoms with Crippen molar-refractivity contribution in [2.24, 2.45) is 0 Å². The van der Waals surface area contributed by atoms with Crippen molar-refractivity contribution in [3.63, 3.8) is 0 Å². The Balaban J connectivity index is 2.65. The first-order chi connectivity index (χ1) is 9.20. The van der Waals surface area contributed by atoms with Gasteiger partial charge in [-0.25, -0.2) is 0 Å². The van der Waals surface area contributed by atoms with Crippen LogP contribution in [0.15, 0.2) is 59.8 Å². The van der Waals surface area contributed by atoms with E-state index in [2.05, 4.69) is 5.32 Å². The maximum atomic E-state index is 12.4. The van der Waals surface area contributed by atoms with E-state index in [0.717, 1.165) is 0 Å². The summed E-state index contributed by atoms with van der Waals surface area (Å²) >= 11 is 0. The third-order valence-corrected chi connectivity index (χ3v) is 2.95. The lowest BCUT2D eigenvalue weighted by molar-refractivity contribution is 0.0980. The highest BCUT2D eigenvalue weighted by Crippen LogP contribution is 2.27. The van der Waals surface area contributed by atoms with E-state index in [9.17, 15) is 9.59 Å². The summed E-state index contributed by atoms with van der Waals surface area (Å²) in [4.78, 5) is 24.8. The Morgan fingerprint density at radius 2 is 1.47 bits per heavy atom. The molecule has 1 aromatic rings. The summed E-state index contributed by atoms with van der Waals surface area (Å²) in [6, 6.07) is 6.92. The van der Waals surface area contributed by atoms with Gasteiger partial charge in [0.2, 0.25) is 0 Å². The van der Waals surface area contributed by atoms with Crippen LogP contribution in [0.1, 0.15) is 27.6 Å². The highest BCUT2D eigenvalue weighted by atomic mass is 16.1. The average molecular weight is 253 g/mol. The number of Topliss-reactive ketones (excluding diaryl/α,β-unsaturated/α-hetero) is 2. The molecule has 0 radical (unpaired) electrons. The summed E-state index contributed by atoms with van der Waals surface area (Å²) in [6.45, 7) is 1.82. The molecule has 0 bridgehead atoms. The lowest BCUT2D eigenvalue weighted by Gasteiger charge is -2.17. The molecule has 3 heteroatoms. The normalized spacial score (nSPS) is 15.5. The van der Waals surface area contributed by atoms with Crippen LogP contribution in [-0.4, -0.2) is 18.6 Å². The molecule has 0 aromatic heterocycles. The van der Waals surface area contributed by atoms with Crippen molar-refractivity contribution in [1.82, 2.24) is 5.32 Å². The van der Waals surface area contributed by atoms with Gasteiger partial charge in [0.15, 0.2) is 11.6 Å². The number of carbonyl (C=O) groups excluding carboxylic acids is 2. The fourth-order valence-electron chi connectivity index (χ4n) is 2.08. The second kappa shape index (κ2) is 5.48. The fourth-order valence-corrected chi connectivity index (χ4v) is 2.08. The highest BCUT2D eigenvalue weighted by molar-refractivity contribution is 6.28. The lowest BCUT2D eigenvalue weighted by Crippen LogP contribution is -2.20. The van der Waals surface area contributed by atoms with Crippen molar-refractivity contribution in [3.8, 4) is 0 Å². The minimum atomic E-state index is -0.116. The van der Waals surface area contributed by atoms with Gasteiger partial charge in [-0.15, -0.1) is 0 Å². The maximum Gasteiger partial charge on any atom is 0.194 e. The molecule has 1 aromatic carbocycles. The first-order valence-corrected chi connectivity index (χ1v) is 6.10. The molecule has 1 aliphatic carbocycles. The smallest absolute Gasteiger partial charge is 0.194 e. The molecule has 96 valence electrons. The van der Waals surface area contributed by atoms with E-state index in [1.54, 1.807) is 55.7 Å². The number of carbonyl (C=O) groups is 2. The van der Waals surface area contributed by atoms with E-state index in [1.165, 1.54) is 0 Å². The van der Waals surface area contributed by atoms with Crippen molar-refractivity contribution in [3.05, 3.63) is 71.0 Å². The van der Waals surface area contributed by atoms with E-state index in [1.807, 2.05) is 6.92 Å². The van der Waals surface area contributed by atoms with Crippen LogP contribution in [0.4, 0.5) is 0 Å². The SMILES string of the molecule is C/C=C/C1=C(/C=C\NC)C(=O)c2ccccc2C1=O. The zero-order valence-corrected chi connectivity index (χ0v) is 10.9. The number of allylic oxidation sites excluding steroid dienone is 5. The monoisotopic (exact) mass is 253 g/mol. The molecule has 0 heterocycles. The minimum Gasteiger partial charge on any atom is -0.394 e. The van der Waals surface area contributed by atoms with Gasteiger partial charge in [0.25, 0.3) is 0 Å². The molecular formula is C16H15NO2. The fraction of sp³-hybridized carbons (Fsp3) is 0.125. The highest BCUT2D eigenvalue weighted by Gasteiger charge is 2.28. The summed E-state index contributed by atoms with van der Waals surface area (Å²) in [5, 5.41) is 2.83. The molecule has 0 amide bonds. The summed E-state index contributed by atoms with van der Waals surface area (Å²) in [6.07, 6.45) is 6.75. The third kappa shape index (κ3) is 2.27. The van der Waals surface area contributed by atoms with Crippen molar-refractivity contribution in [2.45, 2.75) is 6.92 Å². The molecule has 2 rings (SSSR count). The molecule has 0 aliphatic heterocycles. The summed E-state index contributed by atoms with van der Waals surface area (Å²) < 4.78 is 0. The zero-order chi connectivity index (χ0) is 13.8. The Morgan fingerprint density at radius 3 is 1.95 bits per heavy atom. The molecular weight excluding hydrogens is 238 g/mol. The van der Waals surface area contributed by atoms with Crippen molar-refractivity contribution >= 4 is 11.6 Å². The van der Waals surface area contributed by atoms with Crippen LogP contribution >= 0.6 is 0 Å². The Morgan fingerprint density at radius 1 is 0.947 bits per heavy atom. The van der Waals surface area contributed by atoms with Crippen LogP contribution in [0.25, 0.3) is 0 Å². The van der Waals surface area contributed by atoms with Gasteiger partial charge in [-0.1, -0.05) is 36.4 Å². The molecule has 0 fully saturated rings. The van der Waals surface area contributed by atoms with Gasteiger partial charge in [0, 0.05) is 29.3 Å². The van der Waals surface area contributed by atoms with Gasteiger partial charge in [-0.2, -0.15) is 0 Å². The van der Waals surface area contributed by atoms with Gasteiger partial charge in [-0.05, 0) is 19.2 Å². The van der Waals surface area contributed by atoms with E-state index in [0.29, 0.717) is 22.3 Å². The lowest BCUT2D eigenvalue weighted by atomic mass is 9.84. The zero-order valence-electron chi connectivity index (χ0n) is 10.9. The van der Waals surface area contributed by atoms with Gasteiger partial charge in [0.05, 0.1) is 0 Å². The number of rotatable bonds is 3. The minimum absolute atomic E-state index is 0.107. The quantitative estimate of drug-likeness (QED) is 0.900. The number of benzene rings is 1. The molecule has 0 spiro atoms. The third-order valence-electron chi connectivity index (χ3n) is 2.95. The Labute approximate surface area is 112 Å². The number of hydrogen-bond donors (Lipinski definition) is 1. The second-order valence-corrected chi connectivity index (χ2v) is 4.15. The Kier molecular flexibility index (Phi) is 3.76. The van der Waals surface area contributed by atoms with Crippen LogP contribution in [0, 0.1) is 0 Å². The number of hydrogen-bond acceptors (Lipinski definition) is 3. The average Bonchev–Trinajstić information content (AvgIpc) is 2.44. The molecule has 0 saturated carbocycles. The first-order valence-electron chi connectivity index (χ1n) is 6.10. The summed E-state index contributed by atoms with van der Waals surface area (Å²) in [7, 11) is 1.75. The topological polar surface area (TPSA) is 46.2 Å². The van der Waals surface area contributed by atoms with Crippen LogP contribution < -0.4 is 5.32 Å². The first kappa shape index (κ1) is 13.0. The van der Waals surface area contributed by atoms with Gasteiger partial charge < -0.3 is 5.32 Å². The van der Waals surface area contributed by atoms with E-state index in [-0.39, 0.29) is 11.6 Å². The summed E-state index contributed by atoms with van der Waals surface area (Å²) in [5.74, 6) is -0.223. The Hall–Kier alpha value is -2.42. The van der Waals surface area contributed by atoms with Crippen LogP contribution in [0.3, 0.4) is 0 Å². The predicted molar refractivity (Wildman–Crippen MR) is 75.1 cm³/mol. The predicted octanol–water partition coefficient (Wildman–Crippen LogP) is 2.67.